The summed E-state index contributed by atoms with van der Waals surface area (Å²) in [6.07, 6.45) is 1.07. The number of hydrogen-bond acceptors (Lipinski definition) is 4. The molecule has 0 atom stereocenters. The van der Waals surface area contributed by atoms with Gasteiger partial charge in [-0.2, -0.15) is 8.78 Å². The molecule has 5 nitrogen and oxygen atoms in total. The first-order chi connectivity index (χ1) is 10.5. The quantitative estimate of drug-likeness (QED) is 0.868. The predicted octanol–water partition coefficient (Wildman–Crippen LogP) is 2.64. The van der Waals surface area contributed by atoms with E-state index in [4.69, 9.17) is 22.1 Å². The fourth-order valence-electron chi connectivity index (χ4n) is 2.32. The summed E-state index contributed by atoms with van der Waals surface area (Å²) < 4.78 is 33.9. The summed E-state index contributed by atoms with van der Waals surface area (Å²) >= 11 is 5.86. The zero-order chi connectivity index (χ0) is 16.2. The van der Waals surface area contributed by atoms with Gasteiger partial charge in [0.05, 0.1) is 10.4 Å². The fourth-order valence-corrected chi connectivity index (χ4v) is 2.54. The summed E-state index contributed by atoms with van der Waals surface area (Å²) in [4.78, 5) is 12.5. The van der Waals surface area contributed by atoms with Crippen molar-refractivity contribution in [2.24, 2.45) is 11.1 Å². The molecule has 0 unspecified atom stereocenters. The molecule has 122 valence electrons. The summed E-state index contributed by atoms with van der Waals surface area (Å²) in [6, 6.07) is 4.09. The predicted molar refractivity (Wildman–Crippen MR) is 78.3 cm³/mol. The topological polar surface area (TPSA) is 73.6 Å². The van der Waals surface area contributed by atoms with E-state index in [1.54, 1.807) is 0 Å². The van der Waals surface area contributed by atoms with Crippen molar-refractivity contribution in [1.29, 1.82) is 0 Å². The lowest BCUT2D eigenvalue weighted by Gasteiger charge is -2.34. The number of anilines is 1. The summed E-state index contributed by atoms with van der Waals surface area (Å²) in [7, 11) is 0. The van der Waals surface area contributed by atoms with Gasteiger partial charge in [0.2, 0.25) is 5.91 Å². The normalized spacial score (nSPS) is 17.3. The minimum Gasteiger partial charge on any atom is -0.433 e. The van der Waals surface area contributed by atoms with Crippen LogP contribution in [0.2, 0.25) is 5.02 Å². The Bertz CT molecular complexity index is 537. The van der Waals surface area contributed by atoms with Crippen molar-refractivity contribution in [3.63, 3.8) is 0 Å². The molecule has 1 amide bonds. The number of carbonyl (C=O) groups excluding carboxylic acids is 1. The lowest BCUT2D eigenvalue weighted by atomic mass is 9.79. The van der Waals surface area contributed by atoms with Crippen molar-refractivity contribution in [2.45, 2.75) is 19.5 Å². The maximum atomic E-state index is 12.5. The first kappa shape index (κ1) is 16.9. The third-order valence-corrected chi connectivity index (χ3v) is 4.02. The van der Waals surface area contributed by atoms with Gasteiger partial charge in [0.1, 0.15) is 5.75 Å². The highest BCUT2D eigenvalue weighted by atomic mass is 35.5. The summed E-state index contributed by atoms with van der Waals surface area (Å²) in [5.41, 5.74) is 5.48. The molecule has 1 aliphatic rings. The zero-order valence-electron chi connectivity index (χ0n) is 11.8. The molecule has 1 aliphatic heterocycles. The Morgan fingerprint density at radius 3 is 2.68 bits per heavy atom. The highest BCUT2D eigenvalue weighted by Gasteiger charge is 2.38. The molecule has 1 saturated heterocycles. The summed E-state index contributed by atoms with van der Waals surface area (Å²) in [5.74, 6) is -0.369. The average molecular weight is 335 g/mol. The molecule has 22 heavy (non-hydrogen) atoms. The zero-order valence-corrected chi connectivity index (χ0v) is 12.5. The number of alkyl halides is 2. The molecule has 1 heterocycles. The molecule has 0 aromatic heterocycles. The van der Waals surface area contributed by atoms with Crippen molar-refractivity contribution < 1.29 is 23.0 Å². The number of hydrogen-bond donors (Lipinski definition) is 2. The highest BCUT2D eigenvalue weighted by Crippen LogP contribution is 2.33. The van der Waals surface area contributed by atoms with Gasteiger partial charge < -0.3 is 20.5 Å². The Morgan fingerprint density at radius 1 is 1.45 bits per heavy atom. The van der Waals surface area contributed by atoms with E-state index in [1.165, 1.54) is 18.2 Å². The number of rotatable bonds is 5. The minimum absolute atomic E-state index is 0.00752. The third kappa shape index (κ3) is 3.85. The molecule has 0 radical (unpaired) electrons. The first-order valence-corrected chi connectivity index (χ1v) is 7.18. The van der Waals surface area contributed by atoms with Gasteiger partial charge in [0.15, 0.2) is 0 Å². The van der Waals surface area contributed by atoms with Crippen LogP contribution in [-0.2, 0) is 9.53 Å². The molecule has 0 aliphatic carbocycles. The summed E-state index contributed by atoms with van der Waals surface area (Å²) in [6.45, 7) is -1.79. The SMILES string of the molecule is NCC1(C(=O)Nc2ccc(OC(F)F)c(Cl)c2)CCOCC1. The number of carbonyl (C=O) groups is 1. The van der Waals surface area contributed by atoms with E-state index in [2.05, 4.69) is 10.1 Å². The fraction of sp³-hybridized carbons (Fsp3) is 0.500. The van der Waals surface area contributed by atoms with Crippen LogP contribution in [0.5, 0.6) is 5.75 Å². The van der Waals surface area contributed by atoms with Crippen LogP contribution in [0, 0.1) is 5.41 Å². The molecule has 3 N–H and O–H groups in total. The largest absolute Gasteiger partial charge is 0.433 e. The van der Waals surface area contributed by atoms with Crippen LogP contribution in [0.15, 0.2) is 18.2 Å². The smallest absolute Gasteiger partial charge is 0.387 e. The molecule has 0 saturated carbocycles. The standard InChI is InChI=1S/C14H17ClF2N2O3/c15-10-7-9(1-2-11(10)22-13(16)17)19-12(20)14(8-18)3-5-21-6-4-14/h1-2,7,13H,3-6,8,18H2,(H,19,20). The second kappa shape index (κ2) is 7.21. The van der Waals surface area contributed by atoms with Crippen LogP contribution in [0.1, 0.15) is 12.8 Å². The average Bonchev–Trinajstić information content (AvgIpc) is 2.50. The Morgan fingerprint density at radius 2 is 2.14 bits per heavy atom. The van der Waals surface area contributed by atoms with Gasteiger partial charge >= 0.3 is 6.61 Å². The molecule has 0 spiro atoms. The van der Waals surface area contributed by atoms with E-state index in [-0.39, 0.29) is 23.2 Å². The molecule has 1 aromatic carbocycles. The maximum Gasteiger partial charge on any atom is 0.387 e. The van der Waals surface area contributed by atoms with Crippen LogP contribution in [0.4, 0.5) is 14.5 Å². The molecule has 1 aromatic rings. The minimum atomic E-state index is -2.96. The van der Waals surface area contributed by atoms with Gasteiger partial charge in [-0.3, -0.25) is 4.79 Å². The number of nitrogens with one attached hydrogen (secondary N) is 1. The number of ether oxygens (including phenoxy) is 2. The third-order valence-electron chi connectivity index (χ3n) is 3.73. The van der Waals surface area contributed by atoms with Gasteiger partial charge in [0.25, 0.3) is 0 Å². The molecular weight excluding hydrogens is 318 g/mol. The van der Waals surface area contributed by atoms with E-state index in [9.17, 15) is 13.6 Å². The van der Waals surface area contributed by atoms with Crippen LogP contribution < -0.4 is 15.8 Å². The Kier molecular flexibility index (Phi) is 5.55. The number of nitrogens with two attached hydrogens (primary N) is 1. The molecule has 0 bridgehead atoms. The molecule has 2 rings (SSSR count). The molecular formula is C14H17ClF2N2O3. The number of benzene rings is 1. The number of amides is 1. The van der Waals surface area contributed by atoms with Gasteiger partial charge in [-0.15, -0.1) is 0 Å². The van der Waals surface area contributed by atoms with Crippen LogP contribution in [0.25, 0.3) is 0 Å². The van der Waals surface area contributed by atoms with E-state index < -0.39 is 12.0 Å². The lowest BCUT2D eigenvalue weighted by Crippen LogP contribution is -2.46. The molecule has 8 heteroatoms. The van der Waals surface area contributed by atoms with Gasteiger partial charge in [0, 0.05) is 25.4 Å². The second-order valence-electron chi connectivity index (χ2n) is 5.07. The summed E-state index contributed by atoms with van der Waals surface area (Å²) in [5, 5.41) is 2.72. The number of halogens is 3. The highest BCUT2D eigenvalue weighted by molar-refractivity contribution is 6.32. The lowest BCUT2D eigenvalue weighted by molar-refractivity contribution is -0.130. The van der Waals surface area contributed by atoms with Crippen molar-refractivity contribution in [3.8, 4) is 5.75 Å². The van der Waals surface area contributed by atoms with Crippen molar-refractivity contribution >= 4 is 23.2 Å². The maximum absolute atomic E-state index is 12.5. The van der Waals surface area contributed by atoms with Crippen LogP contribution >= 0.6 is 11.6 Å². The van der Waals surface area contributed by atoms with Gasteiger partial charge in [-0.25, -0.2) is 0 Å². The van der Waals surface area contributed by atoms with Crippen molar-refractivity contribution in [1.82, 2.24) is 0 Å². The van der Waals surface area contributed by atoms with Gasteiger partial charge in [-0.05, 0) is 31.0 Å². The van der Waals surface area contributed by atoms with Crippen LogP contribution in [0.3, 0.4) is 0 Å². The van der Waals surface area contributed by atoms with E-state index in [0.29, 0.717) is 31.7 Å². The first-order valence-electron chi connectivity index (χ1n) is 6.80. The molecule has 1 fully saturated rings. The van der Waals surface area contributed by atoms with E-state index >= 15 is 0 Å². The van der Waals surface area contributed by atoms with Crippen LogP contribution in [-0.4, -0.2) is 32.3 Å². The Hall–Kier alpha value is -1.44. The second-order valence-corrected chi connectivity index (χ2v) is 5.48. The Balaban J connectivity index is 2.09. The van der Waals surface area contributed by atoms with E-state index in [0.717, 1.165) is 0 Å². The van der Waals surface area contributed by atoms with E-state index in [1.807, 2.05) is 0 Å². The Labute approximate surface area is 131 Å². The van der Waals surface area contributed by atoms with Gasteiger partial charge in [-0.1, -0.05) is 11.6 Å². The van der Waals surface area contributed by atoms with Crippen molar-refractivity contribution in [3.05, 3.63) is 23.2 Å². The van der Waals surface area contributed by atoms with Crippen molar-refractivity contribution in [2.75, 3.05) is 25.1 Å². The monoisotopic (exact) mass is 334 g/mol.